The standard InChI is InChI=1S/C14H17FN4O/c1-14(2,3)13-17-11(19-16)8-12(18-13)20-10-7-5-4-6-9(10)15/h4-8H,16H2,1-3H3,(H,17,18,19). The Balaban J connectivity index is 2.39. The fourth-order valence-electron chi connectivity index (χ4n) is 1.53. The van der Waals surface area contributed by atoms with Crippen molar-refractivity contribution in [1.82, 2.24) is 9.97 Å². The number of anilines is 1. The third-order valence-electron chi connectivity index (χ3n) is 2.57. The molecule has 0 spiro atoms. The van der Waals surface area contributed by atoms with E-state index in [1.165, 1.54) is 18.2 Å². The van der Waals surface area contributed by atoms with Crippen molar-refractivity contribution in [3.8, 4) is 11.6 Å². The Morgan fingerprint density at radius 2 is 1.90 bits per heavy atom. The van der Waals surface area contributed by atoms with E-state index in [0.717, 1.165) is 0 Å². The number of hydrazine groups is 1. The first-order valence-electron chi connectivity index (χ1n) is 6.19. The van der Waals surface area contributed by atoms with Crippen LogP contribution in [0, 0.1) is 5.82 Å². The molecule has 106 valence electrons. The maximum atomic E-state index is 13.6. The average molecular weight is 276 g/mol. The van der Waals surface area contributed by atoms with Crippen LogP contribution in [-0.2, 0) is 5.41 Å². The molecule has 1 aromatic carbocycles. The second kappa shape index (κ2) is 5.42. The van der Waals surface area contributed by atoms with Gasteiger partial charge in [0.05, 0.1) is 0 Å². The van der Waals surface area contributed by atoms with Crippen LogP contribution >= 0.6 is 0 Å². The van der Waals surface area contributed by atoms with Crippen LogP contribution in [0.25, 0.3) is 0 Å². The van der Waals surface area contributed by atoms with E-state index in [4.69, 9.17) is 10.6 Å². The van der Waals surface area contributed by atoms with E-state index in [1.54, 1.807) is 12.1 Å². The summed E-state index contributed by atoms with van der Waals surface area (Å²) < 4.78 is 19.0. The Kier molecular flexibility index (Phi) is 3.85. The summed E-state index contributed by atoms with van der Waals surface area (Å²) in [4.78, 5) is 8.56. The molecular formula is C14H17FN4O. The van der Waals surface area contributed by atoms with Crippen molar-refractivity contribution >= 4 is 5.82 Å². The first-order chi connectivity index (χ1) is 9.40. The predicted octanol–water partition coefficient (Wildman–Crippen LogP) is 2.99. The Morgan fingerprint density at radius 1 is 1.20 bits per heavy atom. The number of nitrogens with one attached hydrogen (secondary N) is 1. The smallest absolute Gasteiger partial charge is 0.224 e. The van der Waals surface area contributed by atoms with Crippen molar-refractivity contribution in [2.24, 2.45) is 5.84 Å². The largest absolute Gasteiger partial charge is 0.436 e. The van der Waals surface area contributed by atoms with Crippen LogP contribution in [0.1, 0.15) is 26.6 Å². The lowest BCUT2D eigenvalue weighted by Crippen LogP contribution is -2.19. The zero-order valence-electron chi connectivity index (χ0n) is 11.6. The summed E-state index contributed by atoms with van der Waals surface area (Å²) in [6, 6.07) is 7.65. The molecule has 0 aliphatic carbocycles. The van der Waals surface area contributed by atoms with Crippen LogP contribution in [0.15, 0.2) is 30.3 Å². The minimum atomic E-state index is -0.453. The average Bonchev–Trinajstić information content (AvgIpc) is 2.40. The molecule has 0 aliphatic heterocycles. The number of hydrogen-bond donors (Lipinski definition) is 2. The number of hydrogen-bond acceptors (Lipinski definition) is 5. The Bertz CT molecular complexity index is 610. The van der Waals surface area contributed by atoms with Gasteiger partial charge in [-0.1, -0.05) is 32.9 Å². The molecule has 0 atom stereocenters. The third kappa shape index (κ3) is 3.21. The van der Waals surface area contributed by atoms with Gasteiger partial charge >= 0.3 is 0 Å². The van der Waals surface area contributed by atoms with Crippen LogP contribution < -0.4 is 16.0 Å². The molecule has 5 nitrogen and oxygen atoms in total. The van der Waals surface area contributed by atoms with Crippen molar-refractivity contribution in [3.63, 3.8) is 0 Å². The Labute approximate surface area is 117 Å². The molecule has 0 amide bonds. The van der Waals surface area contributed by atoms with Gasteiger partial charge in [-0.15, -0.1) is 0 Å². The van der Waals surface area contributed by atoms with Crippen molar-refractivity contribution in [3.05, 3.63) is 42.0 Å². The van der Waals surface area contributed by atoms with E-state index < -0.39 is 5.82 Å². The number of aromatic nitrogens is 2. The number of ether oxygens (including phenoxy) is 1. The molecule has 2 aromatic rings. The SMILES string of the molecule is CC(C)(C)c1nc(NN)cc(Oc2ccccc2F)n1. The molecule has 0 fully saturated rings. The molecule has 20 heavy (non-hydrogen) atoms. The van der Waals surface area contributed by atoms with Gasteiger partial charge in [0.15, 0.2) is 11.6 Å². The lowest BCUT2D eigenvalue weighted by molar-refractivity contribution is 0.418. The van der Waals surface area contributed by atoms with E-state index in [9.17, 15) is 4.39 Å². The zero-order chi connectivity index (χ0) is 14.8. The van der Waals surface area contributed by atoms with Crippen molar-refractivity contribution < 1.29 is 9.13 Å². The monoisotopic (exact) mass is 276 g/mol. The second-order valence-electron chi connectivity index (χ2n) is 5.34. The first-order valence-corrected chi connectivity index (χ1v) is 6.19. The molecule has 6 heteroatoms. The van der Waals surface area contributed by atoms with Gasteiger partial charge in [-0.2, -0.15) is 4.98 Å². The van der Waals surface area contributed by atoms with Crippen molar-refractivity contribution in [1.29, 1.82) is 0 Å². The minimum Gasteiger partial charge on any atom is -0.436 e. The molecule has 2 rings (SSSR count). The topological polar surface area (TPSA) is 73.1 Å². The number of halogens is 1. The van der Waals surface area contributed by atoms with Gasteiger partial charge in [-0.3, -0.25) is 0 Å². The number of para-hydroxylation sites is 1. The van der Waals surface area contributed by atoms with Gasteiger partial charge in [-0.25, -0.2) is 15.2 Å². The van der Waals surface area contributed by atoms with E-state index in [-0.39, 0.29) is 17.0 Å². The molecule has 0 saturated heterocycles. The highest BCUT2D eigenvalue weighted by molar-refractivity contribution is 5.40. The Morgan fingerprint density at radius 3 is 2.50 bits per heavy atom. The predicted molar refractivity (Wildman–Crippen MR) is 75.0 cm³/mol. The van der Waals surface area contributed by atoms with E-state index >= 15 is 0 Å². The lowest BCUT2D eigenvalue weighted by atomic mass is 9.96. The van der Waals surface area contributed by atoms with Crippen LogP contribution in [-0.4, -0.2) is 9.97 Å². The molecule has 1 heterocycles. The van der Waals surface area contributed by atoms with E-state index in [1.807, 2.05) is 20.8 Å². The van der Waals surface area contributed by atoms with Gasteiger partial charge in [0, 0.05) is 11.5 Å². The fourth-order valence-corrected chi connectivity index (χ4v) is 1.53. The molecule has 0 aliphatic rings. The summed E-state index contributed by atoms with van der Waals surface area (Å²) >= 11 is 0. The molecule has 3 N–H and O–H groups in total. The summed E-state index contributed by atoms with van der Waals surface area (Å²) in [5.74, 6) is 6.24. The summed E-state index contributed by atoms with van der Waals surface area (Å²) in [6.07, 6.45) is 0. The van der Waals surface area contributed by atoms with Crippen LogP contribution in [0.5, 0.6) is 11.6 Å². The number of rotatable bonds is 3. The van der Waals surface area contributed by atoms with Gasteiger partial charge in [0.2, 0.25) is 5.88 Å². The quantitative estimate of drug-likeness (QED) is 0.666. The number of nitrogen functional groups attached to an aromatic ring is 1. The first kappa shape index (κ1) is 14.2. The van der Waals surface area contributed by atoms with E-state index in [2.05, 4.69) is 15.4 Å². The molecule has 1 aromatic heterocycles. The third-order valence-corrected chi connectivity index (χ3v) is 2.57. The van der Waals surface area contributed by atoms with Gasteiger partial charge < -0.3 is 10.2 Å². The highest BCUT2D eigenvalue weighted by atomic mass is 19.1. The van der Waals surface area contributed by atoms with Crippen LogP contribution in [0.3, 0.4) is 0 Å². The van der Waals surface area contributed by atoms with Crippen LogP contribution in [0.4, 0.5) is 10.2 Å². The minimum absolute atomic E-state index is 0.106. The molecule has 0 saturated carbocycles. The molecule has 0 radical (unpaired) electrons. The highest BCUT2D eigenvalue weighted by Crippen LogP contribution is 2.27. The summed E-state index contributed by atoms with van der Waals surface area (Å²) in [5, 5.41) is 0. The fraction of sp³-hybridized carbons (Fsp3) is 0.286. The molecule has 0 unspecified atom stereocenters. The maximum absolute atomic E-state index is 13.6. The number of nitrogens with zero attached hydrogens (tertiary/aromatic N) is 2. The molecule has 0 bridgehead atoms. The van der Waals surface area contributed by atoms with Crippen molar-refractivity contribution in [2.75, 3.05) is 5.43 Å². The highest BCUT2D eigenvalue weighted by Gasteiger charge is 2.20. The van der Waals surface area contributed by atoms with Crippen LogP contribution in [0.2, 0.25) is 0 Å². The number of benzene rings is 1. The summed E-state index contributed by atoms with van der Waals surface area (Å²) in [6.45, 7) is 5.90. The summed E-state index contributed by atoms with van der Waals surface area (Å²) in [5.41, 5.74) is 2.18. The normalized spacial score (nSPS) is 11.2. The lowest BCUT2D eigenvalue weighted by Gasteiger charge is -2.18. The van der Waals surface area contributed by atoms with Crippen molar-refractivity contribution in [2.45, 2.75) is 26.2 Å². The molecular weight excluding hydrogens is 259 g/mol. The second-order valence-corrected chi connectivity index (χ2v) is 5.34. The van der Waals surface area contributed by atoms with Gasteiger partial charge in [-0.05, 0) is 12.1 Å². The van der Waals surface area contributed by atoms with E-state index in [0.29, 0.717) is 11.6 Å². The van der Waals surface area contributed by atoms with Gasteiger partial charge in [0.1, 0.15) is 11.6 Å². The maximum Gasteiger partial charge on any atom is 0.224 e. The van der Waals surface area contributed by atoms with Gasteiger partial charge in [0.25, 0.3) is 0 Å². The Hall–Kier alpha value is -2.21. The zero-order valence-corrected chi connectivity index (χ0v) is 11.6. The number of nitrogens with two attached hydrogens (primary N) is 1. The summed E-state index contributed by atoms with van der Waals surface area (Å²) in [7, 11) is 0.